The van der Waals surface area contributed by atoms with Crippen LogP contribution < -0.4 is 29.6 Å². The summed E-state index contributed by atoms with van der Waals surface area (Å²) in [6.07, 6.45) is -5.13. The Balaban J connectivity index is 0.000000368. The molecule has 0 aliphatic carbocycles. The summed E-state index contributed by atoms with van der Waals surface area (Å²) >= 11 is 5.38. The number of carbonyl (C=O) groups excluding carboxylic acids is 2. The van der Waals surface area contributed by atoms with Gasteiger partial charge in [-0.2, -0.15) is 42.6 Å². The van der Waals surface area contributed by atoms with E-state index in [0.717, 1.165) is 12.1 Å². The van der Waals surface area contributed by atoms with Crippen LogP contribution in [0.1, 0.15) is 32.5 Å². The molecular formula is C22H14F7N4NaO4S2. The number of carbonyl (C=O) groups is 2. The molecule has 0 bridgehead atoms. The number of aromatic nitrogens is 4. The number of hydrogen-bond donors (Lipinski definition) is 0. The number of benzene rings is 2. The van der Waals surface area contributed by atoms with Gasteiger partial charge in [0.05, 0.1) is 5.56 Å². The SMILES string of the molecule is CSc1cc(-c2noc(C(F)(F)F)n2)ccc1C=O.C[S-].O=Cc1ccc(-c2noc(C(F)(F)F)n2)cc1F.[Na+]. The second kappa shape index (κ2) is 15.3. The van der Waals surface area contributed by atoms with Crippen LogP contribution in [0.15, 0.2) is 50.3 Å². The third-order valence-corrected chi connectivity index (χ3v) is 5.13. The molecule has 0 fully saturated rings. The number of hydrogen-bond acceptors (Lipinski definition) is 10. The molecule has 4 aromatic rings. The number of nitrogens with zero attached hydrogens (tertiary/aromatic N) is 4. The molecule has 0 saturated heterocycles. The van der Waals surface area contributed by atoms with Crippen molar-refractivity contribution in [3.63, 3.8) is 0 Å². The summed E-state index contributed by atoms with van der Waals surface area (Å²) in [5.74, 6) is -4.36. The zero-order valence-electron chi connectivity index (χ0n) is 20.5. The van der Waals surface area contributed by atoms with Gasteiger partial charge < -0.3 is 21.7 Å². The monoisotopic (exact) mass is 618 g/mol. The third-order valence-electron chi connectivity index (χ3n) is 4.34. The number of rotatable bonds is 5. The molecular weight excluding hydrogens is 604 g/mol. The minimum Gasteiger partial charge on any atom is -0.796 e. The molecule has 0 unspecified atom stereocenters. The van der Waals surface area contributed by atoms with Crippen LogP contribution in [-0.2, 0) is 25.0 Å². The van der Waals surface area contributed by atoms with Crippen molar-refractivity contribution in [3.05, 3.63) is 65.1 Å². The average molecular weight is 618 g/mol. The average Bonchev–Trinajstić information content (AvgIpc) is 3.60. The molecule has 8 nitrogen and oxygen atoms in total. The smallest absolute Gasteiger partial charge is 0.796 e. The molecule has 0 amide bonds. The van der Waals surface area contributed by atoms with Gasteiger partial charge >= 0.3 is 53.7 Å². The zero-order valence-corrected chi connectivity index (χ0v) is 24.1. The molecule has 0 saturated carbocycles. The van der Waals surface area contributed by atoms with Crippen LogP contribution >= 0.6 is 11.8 Å². The maximum absolute atomic E-state index is 13.2. The van der Waals surface area contributed by atoms with E-state index in [0.29, 0.717) is 22.3 Å². The quantitative estimate of drug-likeness (QED) is 0.109. The Kier molecular flexibility index (Phi) is 13.5. The summed E-state index contributed by atoms with van der Waals surface area (Å²) in [6.45, 7) is 0. The zero-order chi connectivity index (χ0) is 29.4. The number of halogens is 7. The van der Waals surface area contributed by atoms with Crippen molar-refractivity contribution in [3.8, 4) is 22.8 Å². The molecule has 0 N–H and O–H groups in total. The Morgan fingerprint density at radius 1 is 0.775 bits per heavy atom. The van der Waals surface area contributed by atoms with Gasteiger partial charge in [-0.15, -0.1) is 11.8 Å². The van der Waals surface area contributed by atoms with E-state index in [4.69, 9.17) is 0 Å². The third kappa shape index (κ3) is 9.15. The molecule has 0 atom stereocenters. The van der Waals surface area contributed by atoms with Gasteiger partial charge in [0.15, 0.2) is 12.6 Å². The van der Waals surface area contributed by atoms with Crippen molar-refractivity contribution in [2.24, 2.45) is 0 Å². The molecule has 2 heterocycles. The maximum Gasteiger partial charge on any atom is 1.00 e. The van der Waals surface area contributed by atoms with Gasteiger partial charge in [-0.3, -0.25) is 9.59 Å². The summed E-state index contributed by atoms with van der Waals surface area (Å²) < 4.78 is 95.0. The number of aldehydes is 2. The molecule has 0 spiro atoms. The van der Waals surface area contributed by atoms with Crippen molar-refractivity contribution in [1.29, 1.82) is 0 Å². The Bertz CT molecular complexity index is 1430. The predicted molar refractivity (Wildman–Crippen MR) is 125 cm³/mol. The molecule has 0 aliphatic heterocycles. The van der Waals surface area contributed by atoms with Crippen LogP contribution in [0.2, 0.25) is 0 Å². The second-order valence-corrected chi connectivity index (χ2v) is 7.62. The van der Waals surface area contributed by atoms with Gasteiger partial charge in [0, 0.05) is 21.6 Å². The first kappa shape index (κ1) is 35.3. The Labute approximate surface area is 252 Å². The normalized spacial score (nSPS) is 10.8. The van der Waals surface area contributed by atoms with Crippen LogP contribution in [0.5, 0.6) is 0 Å². The van der Waals surface area contributed by atoms with Crippen LogP contribution in [0.25, 0.3) is 22.8 Å². The first-order valence-corrected chi connectivity index (χ1v) is 12.0. The number of thioether (sulfide) groups is 1. The fourth-order valence-electron chi connectivity index (χ4n) is 2.62. The van der Waals surface area contributed by atoms with E-state index < -0.39 is 35.8 Å². The van der Waals surface area contributed by atoms with E-state index in [1.807, 2.05) is 0 Å². The topological polar surface area (TPSA) is 112 Å². The van der Waals surface area contributed by atoms with Gasteiger partial charge in [-0.05, 0) is 30.5 Å². The van der Waals surface area contributed by atoms with Crippen molar-refractivity contribution in [1.82, 2.24) is 20.3 Å². The Morgan fingerprint density at radius 2 is 1.20 bits per heavy atom. The molecule has 0 radical (unpaired) electrons. The standard InChI is InChI=1S/C11H7F3N2O2S.C10H4F4N2O2.CH4S.Na/c1-19-8-4-6(2-3-7(8)5-17)9-15-10(18-16-9)11(12,13)14;11-7-3-5(1-2-6(7)4-17)8-15-9(18-16-8)10(12,13)14;1-2;/h2-5H,1H3;1-4H;2H,1H3;/q;;;+1/p-1. The van der Waals surface area contributed by atoms with E-state index in [1.165, 1.54) is 30.0 Å². The fourth-order valence-corrected chi connectivity index (χ4v) is 3.22. The van der Waals surface area contributed by atoms with Crippen LogP contribution in [0, 0.1) is 5.82 Å². The molecule has 4 rings (SSSR count). The van der Waals surface area contributed by atoms with E-state index in [9.17, 15) is 40.3 Å². The Hall–Kier alpha value is -2.73. The van der Waals surface area contributed by atoms with Gasteiger partial charge in [-0.1, -0.05) is 22.4 Å². The predicted octanol–water partition coefficient (Wildman–Crippen LogP) is 3.16. The van der Waals surface area contributed by atoms with Crippen LogP contribution in [0.4, 0.5) is 30.7 Å². The maximum atomic E-state index is 13.2. The van der Waals surface area contributed by atoms with Crippen LogP contribution in [0.3, 0.4) is 0 Å². The largest absolute Gasteiger partial charge is 1.00 e. The van der Waals surface area contributed by atoms with Gasteiger partial charge in [0.25, 0.3) is 0 Å². The van der Waals surface area contributed by atoms with E-state index in [1.54, 1.807) is 18.6 Å². The summed E-state index contributed by atoms with van der Waals surface area (Å²) in [7, 11) is 0. The summed E-state index contributed by atoms with van der Waals surface area (Å²) in [5.41, 5.74) is 0.584. The summed E-state index contributed by atoms with van der Waals surface area (Å²) in [4.78, 5) is 28.1. The molecule has 208 valence electrons. The first-order chi connectivity index (χ1) is 18.4. The van der Waals surface area contributed by atoms with E-state index in [2.05, 4.69) is 42.0 Å². The van der Waals surface area contributed by atoms with Gasteiger partial charge in [0.1, 0.15) is 5.82 Å². The summed E-state index contributed by atoms with van der Waals surface area (Å²) in [5, 5.41) is 6.37. The van der Waals surface area contributed by atoms with E-state index in [-0.39, 0.29) is 52.8 Å². The van der Waals surface area contributed by atoms with Crippen molar-refractivity contribution in [2.75, 3.05) is 12.5 Å². The second-order valence-electron chi connectivity index (χ2n) is 6.77. The molecule has 0 aliphatic rings. The first-order valence-electron chi connectivity index (χ1n) is 9.98. The molecule has 40 heavy (non-hydrogen) atoms. The van der Waals surface area contributed by atoms with Gasteiger partial charge in [0.2, 0.25) is 11.6 Å². The van der Waals surface area contributed by atoms with Crippen molar-refractivity contribution in [2.45, 2.75) is 17.2 Å². The van der Waals surface area contributed by atoms with Crippen molar-refractivity contribution < 1.29 is 78.9 Å². The summed E-state index contributed by atoms with van der Waals surface area (Å²) in [6, 6.07) is 7.69. The minimum atomic E-state index is -4.76. The molecule has 18 heteroatoms. The fraction of sp³-hybridized carbons (Fsp3) is 0.182. The van der Waals surface area contributed by atoms with E-state index >= 15 is 0 Å². The molecule has 2 aromatic carbocycles. The molecule has 2 aromatic heterocycles. The Morgan fingerprint density at radius 3 is 1.55 bits per heavy atom. The van der Waals surface area contributed by atoms with Crippen molar-refractivity contribution >= 4 is 37.0 Å². The van der Waals surface area contributed by atoms with Crippen LogP contribution in [-0.4, -0.2) is 45.4 Å². The minimum absolute atomic E-state index is 0. The van der Waals surface area contributed by atoms with Gasteiger partial charge in [-0.25, -0.2) is 4.39 Å². The number of alkyl halides is 6.